The fourth-order valence-corrected chi connectivity index (χ4v) is 1.55. The Bertz CT molecular complexity index is 416. The Hall–Kier alpha value is -2.04. The minimum atomic E-state index is -1.01. The predicted molar refractivity (Wildman–Crippen MR) is 50.6 cm³/mol. The molecule has 1 unspecified atom stereocenters. The first-order valence-corrected chi connectivity index (χ1v) is 4.44. The maximum Gasteiger partial charge on any atom is 0.407 e. The average Bonchev–Trinajstić information content (AvgIpc) is 2.65. The van der Waals surface area contributed by atoms with Gasteiger partial charge in [0.05, 0.1) is 11.6 Å². The molecule has 1 aliphatic heterocycles. The first kappa shape index (κ1) is 9.51. The molecule has 2 N–H and O–H groups in total. The van der Waals surface area contributed by atoms with Crippen LogP contribution in [0, 0.1) is 0 Å². The number of alkyl carbamates (subject to hydrolysis) is 1. The molecule has 1 aromatic rings. The number of carboxylic acid groups (broad SMARTS) is 1. The van der Waals surface area contributed by atoms with Gasteiger partial charge in [-0.1, -0.05) is 18.2 Å². The van der Waals surface area contributed by atoms with Gasteiger partial charge in [0.1, 0.15) is 6.61 Å². The lowest BCUT2D eigenvalue weighted by molar-refractivity contribution is 0.0695. The Labute approximate surface area is 85.7 Å². The molecule has 0 aromatic heterocycles. The molecular weight excluding hydrogens is 198 g/mol. The molecule has 5 heteroatoms. The van der Waals surface area contributed by atoms with E-state index in [4.69, 9.17) is 9.84 Å². The van der Waals surface area contributed by atoms with E-state index >= 15 is 0 Å². The number of carboxylic acids is 1. The van der Waals surface area contributed by atoms with Crippen LogP contribution in [0.2, 0.25) is 0 Å². The van der Waals surface area contributed by atoms with Crippen LogP contribution in [-0.2, 0) is 4.74 Å². The first-order valence-electron chi connectivity index (χ1n) is 4.44. The summed E-state index contributed by atoms with van der Waals surface area (Å²) in [4.78, 5) is 21.7. The highest BCUT2D eigenvalue weighted by Crippen LogP contribution is 2.21. The lowest BCUT2D eigenvalue weighted by atomic mass is 10.0. The molecule has 0 saturated carbocycles. The molecule has 0 aliphatic carbocycles. The number of carbonyl (C=O) groups excluding carboxylic acids is 1. The fraction of sp³-hybridized carbons (Fsp3) is 0.200. The zero-order valence-corrected chi connectivity index (χ0v) is 7.77. The number of nitrogens with one attached hydrogen (secondary N) is 1. The van der Waals surface area contributed by atoms with Crippen LogP contribution in [0.25, 0.3) is 0 Å². The molecule has 5 nitrogen and oxygen atoms in total. The van der Waals surface area contributed by atoms with E-state index in [-0.39, 0.29) is 18.2 Å². The van der Waals surface area contributed by atoms with Crippen molar-refractivity contribution in [3.63, 3.8) is 0 Å². The average molecular weight is 207 g/mol. The second-order valence-corrected chi connectivity index (χ2v) is 3.19. The summed E-state index contributed by atoms with van der Waals surface area (Å²) in [6.45, 7) is 0.170. The number of hydrogen-bond acceptors (Lipinski definition) is 3. The van der Waals surface area contributed by atoms with Gasteiger partial charge in [-0.3, -0.25) is 0 Å². The lowest BCUT2D eigenvalue weighted by Gasteiger charge is -2.10. The highest BCUT2D eigenvalue weighted by Gasteiger charge is 2.26. The van der Waals surface area contributed by atoms with Gasteiger partial charge in [-0.15, -0.1) is 0 Å². The largest absolute Gasteiger partial charge is 0.478 e. The summed E-state index contributed by atoms with van der Waals surface area (Å²) >= 11 is 0. The molecule has 1 aromatic carbocycles. The smallest absolute Gasteiger partial charge is 0.407 e. The standard InChI is InChI=1S/C10H9NO4/c12-9(13)7-4-2-1-3-6(7)8-5-15-10(14)11-8/h1-4,8H,5H2,(H,11,14)(H,12,13). The Morgan fingerprint density at radius 3 is 2.80 bits per heavy atom. The van der Waals surface area contributed by atoms with Crippen LogP contribution in [0.4, 0.5) is 4.79 Å². The Morgan fingerprint density at radius 2 is 2.20 bits per heavy atom. The molecule has 78 valence electrons. The lowest BCUT2D eigenvalue weighted by Crippen LogP contribution is -2.20. The van der Waals surface area contributed by atoms with Crippen LogP contribution >= 0.6 is 0 Å². The van der Waals surface area contributed by atoms with Gasteiger partial charge in [0.2, 0.25) is 0 Å². The molecular formula is C10H9NO4. The Balaban J connectivity index is 2.35. The summed E-state index contributed by atoms with van der Waals surface area (Å²) in [5.41, 5.74) is 0.754. The molecule has 1 heterocycles. The van der Waals surface area contributed by atoms with Crippen molar-refractivity contribution in [3.8, 4) is 0 Å². The van der Waals surface area contributed by atoms with Gasteiger partial charge in [-0.2, -0.15) is 0 Å². The van der Waals surface area contributed by atoms with Crippen LogP contribution in [0.1, 0.15) is 22.0 Å². The van der Waals surface area contributed by atoms with Crippen molar-refractivity contribution in [2.24, 2.45) is 0 Å². The van der Waals surface area contributed by atoms with Crippen LogP contribution in [0.5, 0.6) is 0 Å². The molecule has 0 bridgehead atoms. The van der Waals surface area contributed by atoms with E-state index in [0.29, 0.717) is 5.56 Å². The SMILES string of the molecule is O=C1NC(c2ccccc2C(=O)O)CO1. The Morgan fingerprint density at radius 1 is 1.47 bits per heavy atom. The minimum absolute atomic E-state index is 0.170. The van der Waals surface area contributed by atoms with Crippen molar-refractivity contribution in [2.45, 2.75) is 6.04 Å². The molecule has 1 fully saturated rings. The van der Waals surface area contributed by atoms with Crippen molar-refractivity contribution in [2.75, 3.05) is 6.61 Å². The Kier molecular flexibility index (Phi) is 2.29. The highest BCUT2D eigenvalue weighted by molar-refractivity contribution is 5.89. The van der Waals surface area contributed by atoms with E-state index in [0.717, 1.165) is 0 Å². The van der Waals surface area contributed by atoms with E-state index < -0.39 is 12.1 Å². The van der Waals surface area contributed by atoms with Crippen molar-refractivity contribution >= 4 is 12.1 Å². The monoisotopic (exact) mass is 207 g/mol. The molecule has 2 rings (SSSR count). The van der Waals surface area contributed by atoms with E-state index in [1.165, 1.54) is 6.07 Å². The molecule has 15 heavy (non-hydrogen) atoms. The van der Waals surface area contributed by atoms with Crippen LogP contribution in [-0.4, -0.2) is 23.8 Å². The maximum atomic E-state index is 10.9. The van der Waals surface area contributed by atoms with E-state index in [2.05, 4.69) is 5.32 Å². The summed E-state index contributed by atoms with van der Waals surface area (Å²) in [6.07, 6.45) is -0.514. The van der Waals surface area contributed by atoms with Crippen molar-refractivity contribution in [3.05, 3.63) is 35.4 Å². The number of amides is 1. The van der Waals surface area contributed by atoms with Crippen LogP contribution in [0.15, 0.2) is 24.3 Å². The number of aromatic carboxylic acids is 1. The van der Waals surface area contributed by atoms with E-state index in [1.807, 2.05) is 0 Å². The summed E-state index contributed by atoms with van der Waals surface area (Å²) in [7, 11) is 0. The van der Waals surface area contributed by atoms with Gasteiger partial charge in [0, 0.05) is 0 Å². The summed E-state index contributed by atoms with van der Waals surface area (Å²) < 4.78 is 4.71. The number of benzene rings is 1. The van der Waals surface area contributed by atoms with Gasteiger partial charge in [0.25, 0.3) is 0 Å². The van der Waals surface area contributed by atoms with E-state index in [9.17, 15) is 9.59 Å². The number of cyclic esters (lactones) is 1. The number of ether oxygens (including phenoxy) is 1. The van der Waals surface area contributed by atoms with Crippen molar-refractivity contribution < 1.29 is 19.4 Å². The van der Waals surface area contributed by atoms with Crippen LogP contribution in [0.3, 0.4) is 0 Å². The topological polar surface area (TPSA) is 75.6 Å². The van der Waals surface area contributed by atoms with Gasteiger partial charge in [-0.05, 0) is 11.6 Å². The summed E-state index contributed by atoms with van der Waals surface area (Å²) in [6, 6.07) is 6.17. The van der Waals surface area contributed by atoms with Crippen molar-refractivity contribution in [1.29, 1.82) is 0 Å². The summed E-state index contributed by atoms with van der Waals surface area (Å²) in [5.74, 6) is -1.01. The molecule has 0 radical (unpaired) electrons. The number of rotatable bonds is 2. The third-order valence-electron chi connectivity index (χ3n) is 2.24. The highest BCUT2D eigenvalue weighted by atomic mass is 16.6. The molecule has 1 amide bonds. The molecule has 1 aliphatic rings. The minimum Gasteiger partial charge on any atom is -0.478 e. The van der Waals surface area contributed by atoms with Crippen LogP contribution < -0.4 is 5.32 Å². The number of carbonyl (C=O) groups is 2. The third-order valence-corrected chi connectivity index (χ3v) is 2.24. The summed E-state index contributed by atoms with van der Waals surface area (Å²) in [5, 5.41) is 11.5. The third kappa shape index (κ3) is 1.76. The van der Waals surface area contributed by atoms with Crippen molar-refractivity contribution in [1.82, 2.24) is 5.32 Å². The normalized spacial score (nSPS) is 19.5. The van der Waals surface area contributed by atoms with Gasteiger partial charge < -0.3 is 15.2 Å². The molecule has 1 saturated heterocycles. The maximum absolute atomic E-state index is 10.9. The number of hydrogen-bond donors (Lipinski definition) is 2. The van der Waals surface area contributed by atoms with Gasteiger partial charge >= 0.3 is 12.1 Å². The zero-order valence-electron chi connectivity index (χ0n) is 7.77. The molecule has 1 atom stereocenters. The second kappa shape index (κ2) is 3.61. The first-order chi connectivity index (χ1) is 7.18. The van der Waals surface area contributed by atoms with E-state index in [1.54, 1.807) is 18.2 Å². The predicted octanol–water partition coefficient (Wildman–Crippen LogP) is 1.17. The molecule has 0 spiro atoms. The quantitative estimate of drug-likeness (QED) is 0.763. The van der Waals surface area contributed by atoms with Gasteiger partial charge in [-0.25, -0.2) is 9.59 Å². The second-order valence-electron chi connectivity index (χ2n) is 3.19. The fourth-order valence-electron chi connectivity index (χ4n) is 1.55. The van der Waals surface area contributed by atoms with Gasteiger partial charge in [0.15, 0.2) is 0 Å². The zero-order chi connectivity index (χ0) is 10.8.